The molecule has 0 amide bonds. The first-order valence-electron chi connectivity index (χ1n) is 7.73. The van der Waals surface area contributed by atoms with Crippen LogP contribution in [-0.4, -0.2) is 12.9 Å². The lowest BCUT2D eigenvalue weighted by Crippen LogP contribution is -2.45. The molecule has 0 aliphatic carbocycles. The molecule has 1 aromatic rings. The molecule has 0 N–H and O–H groups in total. The Morgan fingerprint density at radius 1 is 1.09 bits per heavy atom. The quantitative estimate of drug-likeness (QED) is 0.600. The molecule has 0 bridgehead atoms. The molecule has 1 heterocycles. The average molecular weight is 401 g/mol. The molecule has 23 heavy (non-hydrogen) atoms. The lowest BCUT2D eigenvalue weighted by Gasteiger charge is -2.40. The van der Waals surface area contributed by atoms with Gasteiger partial charge in [0, 0.05) is 23.1 Å². The molecule has 2 rings (SSSR count). The molecule has 2 atom stereocenters. The van der Waals surface area contributed by atoms with E-state index < -0.39 is 18.6 Å². The second-order valence-electron chi connectivity index (χ2n) is 7.96. The predicted octanol–water partition coefficient (Wildman–Crippen LogP) is 5.66. The summed E-state index contributed by atoms with van der Waals surface area (Å²) in [6.07, 6.45) is 0. The highest BCUT2D eigenvalue weighted by Gasteiger charge is 2.61. The third kappa shape index (κ3) is 2.89. The summed E-state index contributed by atoms with van der Waals surface area (Å²) in [5.74, 6) is -1.07. The molecular weight excluding hydrogens is 375 g/mol. The van der Waals surface area contributed by atoms with Gasteiger partial charge in [-0.05, 0) is 33.5 Å². The molecular formula is C18H26BrO3P. The Bertz CT molecular complexity index is 668. The van der Waals surface area contributed by atoms with Crippen molar-refractivity contribution < 1.29 is 13.8 Å². The number of methoxy groups -OCH3 is 1. The number of benzene rings is 1. The van der Waals surface area contributed by atoms with Crippen LogP contribution in [0.2, 0.25) is 0 Å². The minimum atomic E-state index is -3.24. The van der Waals surface area contributed by atoms with E-state index in [-0.39, 0.29) is 5.41 Å². The van der Waals surface area contributed by atoms with Crippen molar-refractivity contribution in [1.82, 2.24) is 0 Å². The van der Waals surface area contributed by atoms with Gasteiger partial charge in [-0.15, -0.1) is 0 Å². The predicted molar refractivity (Wildman–Crippen MR) is 99.4 cm³/mol. The average Bonchev–Trinajstić information content (AvgIpc) is 2.68. The summed E-state index contributed by atoms with van der Waals surface area (Å²) in [6, 6.07) is 9.41. The molecule has 1 unspecified atom stereocenters. The summed E-state index contributed by atoms with van der Waals surface area (Å²) >= 11 is 3.69. The molecule has 3 nitrogen and oxygen atoms in total. The first-order chi connectivity index (χ1) is 10.4. The van der Waals surface area contributed by atoms with Crippen molar-refractivity contribution in [3.8, 4) is 0 Å². The Labute approximate surface area is 148 Å². The summed E-state index contributed by atoms with van der Waals surface area (Å²) in [6.45, 7) is 12.2. The van der Waals surface area contributed by atoms with Gasteiger partial charge < -0.3 is 4.74 Å². The van der Waals surface area contributed by atoms with E-state index in [1.165, 1.54) is 0 Å². The summed E-state index contributed by atoms with van der Waals surface area (Å²) in [4.78, 5) is 0. The Balaban J connectivity index is 2.80. The van der Waals surface area contributed by atoms with E-state index in [0.29, 0.717) is 5.30 Å². The van der Waals surface area contributed by atoms with Gasteiger partial charge in [-0.3, -0.25) is 9.09 Å². The van der Waals surface area contributed by atoms with Gasteiger partial charge in [0.1, 0.15) is 0 Å². The number of hydrogen-bond acceptors (Lipinski definition) is 3. The molecule has 0 fully saturated rings. The van der Waals surface area contributed by atoms with Crippen LogP contribution in [0.25, 0.3) is 0 Å². The molecule has 0 radical (unpaired) electrons. The van der Waals surface area contributed by atoms with Gasteiger partial charge in [0.25, 0.3) is 7.37 Å². The smallest absolute Gasteiger partial charge is 0.261 e. The first-order valence-corrected chi connectivity index (χ1v) is 10.1. The van der Waals surface area contributed by atoms with Crippen molar-refractivity contribution in [3.63, 3.8) is 0 Å². The zero-order valence-electron chi connectivity index (χ0n) is 14.9. The van der Waals surface area contributed by atoms with Crippen LogP contribution in [-0.2, 0) is 13.8 Å². The van der Waals surface area contributed by atoms with Crippen molar-refractivity contribution in [2.45, 2.75) is 47.3 Å². The van der Waals surface area contributed by atoms with E-state index in [2.05, 4.69) is 36.7 Å². The minimum Gasteiger partial charge on any atom is -0.348 e. The third-order valence-electron chi connectivity index (χ3n) is 4.13. The van der Waals surface area contributed by atoms with Gasteiger partial charge in [0.2, 0.25) is 5.79 Å². The molecule has 0 saturated carbocycles. The van der Waals surface area contributed by atoms with E-state index in [1.807, 2.05) is 51.1 Å². The zero-order valence-corrected chi connectivity index (χ0v) is 17.4. The fraction of sp³-hybridized carbons (Fsp3) is 0.556. The maximum Gasteiger partial charge on any atom is 0.261 e. The van der Waals surface area contributed by atoms with Crippen LogP contribution in [0.5, 0.6) is 0 Å². The van der Waals surface area contributed by atoms with E-state index in [9.17, 15) is 4.57 Å². The van der Waals surface area contributed by atoms with Crippen molar-refractivity contribution >= 4 is 28.6 Å². The standard InChI is InChI=1S/C18H26BrO3P/c1-16(2,3)15-14(19)18(21-7,17(4,5)6)22-23(15,20)13-11-9-8-10-12-13/h8-12H,1-7H3/t18-,23?/m1/s1. The topological polar surface area (TPSA) is 35.5 Å². The van der Waals surface area contributed by atoms with Crippen LogP contribution < -0.4 is 5.30 Å². The molecule has 128 valence electrons. The largest absolute Gasteiger partial charge is 0.348 e. The van der Waals surface area contributed by atoms with E-state index in [0.717, 1.165) is 9.80 Å². The van der Waals surface area contributed by atoms with Crippen LogP contribution in [0, 0.1) is 10.8 Å². The Morgan fingerprint density at radius 3 is 2.00 bits per heavy atom. The lowest BCUT2D eigenvalue weighted by atomic mass is 9.83. The lowest BCUT2D eigenvalue weighted by molar-refractivity contribution is -0.185. The first kappa shape index (κ1) is 18.9. The molecule has 5 heteroatoms. The van der Waals surface area contributed by atoms with Crippen molar-refractivity contribution in [1.29, 1.82) is 0 Å². The minimum absolute atomic E-state index is 0.324. The summed E-state index contributed by atoms with van der Waals surface area (Å²) < 4.78 is 26.9. The van der Waals surface area contributed by atoms with Crippen LogP contribution in [0.1, 0.15) is 41.5 Å². The maximum absolute atomic E-state index is 14.0. The Kier molecular flexibility index (Phi) is 4.80. The fourth-order valence-corrected chi connectivity index (χ4v) is 8.40. The zero-order chi connectivity index (χ0) is 17.7. The Morgan fingerprint density at radius 2 is 1.61 bits per heavy atom. The van der Waals surface area contributed by atoms with Crippen LogP contribution in [0.3, 0.4) is 0 Å². The van der Waals surface area contributed by atoms with E-state index in [1.54, 1.807) is 7.11 Å². The normalized spacial score (nSPS) is 29.2. The summed E-state index contributed by atoms with van der Waals surface area (Å²) in [7, 11) is -1.63. The molecule has 0 saturated heterocycles. The molecule has 1 aromatic carbocycles. The van der Waals surface area contributed by atoms with Gasteiger partial charge >= 0.3 is 0 Å². The number of allylic oxidation sites excluding steroid dienone is 1. The second kappa shape index (κ2) is 5.84. The number of halogens is 1. The molecule has 1 aliphatic heterocycles. The SMILES string of the molecule is CO[C@@]1(C(C)(C)C)OP(=O)(c2ccccc2)C(C(C)(C)C)=C1Br. The highest BCUT2D eigenvalue weighted by molar-refractivity contribution is 9.11. The molecule has 1 aliphatic rings. The summed E-state index contributed by atoms with van der Waals surface area (Å²) in [5, 5.41) is 1.48. The van der Waals surface area contributed by atoms with Crippen molar-refractivity contribution in [2.75, 3.05) is 7.11 Å². The van der Waals surface area contributed by atoms with Gasteiger partial charge in [-0.1, -0.05) is 59.7 Å². The van der Waals surface area contributed by atoms with Gasteiger partial charge in [-0.25, -0.2) is 0 Å². The molecule has 0 aromatic heterocycles. The summed E-state index contributed by atoms with van der Waals surface area (Å²) in [5.41, 5.74) is -0.715. The third-order valence-corrected chi connectivity index (χ3v) is 8.33. The molecule has 0 spiro atoms. The van der Waals surface area contributed by atoms with E-state index in [4.69, 9.17) is 9.26 Å². The number of hydrogen-bond donors (Lipinski definition) is 0. The van der Waals surface area contributed by atoms with Crippen molar-refractivity contribution in [3.05, 3.63) is 40.1 Å². The monoisotopic (exact) mass is 400 g/mol. The second-order valence-corrected chi connectivity index (χ2v) is 11.0. The van der Waals surface area contributed by atoms with Crippen LogP contribution in [0.4, 0.5) is 0 Å². The Hall–Kier alpha value is -0.410. The highest BCUT2D eigenvalue weighted by Crippen LogP contribution is 2.73. The van der Waals surface area contributed by atoms with Crippen LogP contribution >= 0.6 is 23.3 Å². The number of rotatable bonds is 2. The van der Waals surface area contributed by atoms with Gasteiger partial charge in [0.05, 0.1) is 4.48 Å². The number of ether oxygens (including phenoxy) is 1. The van der Waals surface area contributed by atoms with Crippen LogP contribution in [0.15, 0.2) is 40.1 Å². The van der Waals surface area contributed by atoms with Gasteiger partial charge in [-0.2, -0.15) is 0 Å². The van der Waals surface area contributed by atoms with Gasteiger partial charge in [0.15, 0.2) is 0 Å². The maximum atomic E-state index is 14.0. The van der Waals surface area contributed by atoms with E-state index >= 15 is 0 Å². The highest BCUT2D eigenvalue weighted by atomic mass is 79.9. The van der Waals surface area contributed by atoms with Crippen molar-refractivity contribution in [2.24, 2.45) is 10.8 Å². The fourth-order valence-electron chi connectivity index (χ4n) is 3.03.